The highest BCUT2D eigenvalue weighted by molar-refractivity contribution is 9.10. The fourth-order valence-electron chi connectivity index (χ4n) is 3.39. The van der Waals surface area contributed by atoms with Crippen molar-refractivity contribution in [3.05, 3.63) is 118 Å². The molecule has 4 aromatic rings. The van der Waals surface area contributed by atoms with Crippen molar-refractivity contribution in [2.75, 3.05) is 10.8 Å². The number of para-hydroxylation sites is 1. The van der Waals surface area contributed by atoms with E-state index in [0.29, 0.717) is 11.3 Å². The number of aromatic nitrogens is 2. The Morgan fingerprint density at radius 3 is 2.60 bits per heavy atom. The van der Waals surface area contributed by atoms with Crippen LogP contribution in [0.2, 0.25) is 0 Å². The minimum absolute atomic E-state index is 0.0548. The van der Waals surface area contributed by atoms with E-state index in [0.717, 1.165) is 4.47 Å². The first kappa shape index (κ1) is 24.4. The maximum absolute atomic E-state index is 13.3. The number of carbonyl (C=O) groups excluding carboxylic acids is 1. The van der Waals surface area contributed by atoms with Crippen LogP contribution < -0.4 is 9.86 Å². The lowest BCUT2D eigenvalue weighted by atomic mass is 10.2. The van der Waals surface area contributed by atoms with Gasteiger partial charge in [0.1, 0.15) is 12.3 Å². The molecule has 0 radical (unpaired) electrons. The third-order valence-corrected chi connectivity index (χ3v) is 7.28. The number of carbonyl (C=O) groups is 1. The highest BCUT2D eigenvalue weighted by Crippen LogP contribution is 2.24. The predicted octanol–water partition coefficient (Wildman–Crippen LogP) is 4.20. The number of anilines is 1. The summed E-state index contributed by atoms with van der Waals surface area (Å²) < 4.78 is 35.3. The van der Waals surface area contributed by atoms with Crippen molar-refractivity contribution in [1.82, 2.24) is 9.38 Å². The lowest BCUT2D eigenvalue weighted by Crippen LogP contribution is -2.31. The summed E-state index contributed by atoms with van der Waals surface area (Å²) in [5.41, 5.74) is 0.887. The van der Waals surface area contributed by atoms with Crippen LogP contribution >= 0.6 is 15.9 Å². The Kier molecular flexibility index (Phi) is 7.13. The molecule has 0 fully saturated rings. The summed E-state index contributed by atoms with van der Waals surface area (Å²) in [5, 5.41) is 0. The van der Waals surface area contributed by atoms with E-state index in [9.17, 15) is 18.0 Å². The molecule has 10 heteroatoms. The molecule has 2 heterocycles. The molecular formula is C25H20BrN3O5S. The second kappa shape index (κ2) is 10.2. The average molecular weight is 554 g/mol. The van der Waals surface area contributed by atoms with E-state index < -0.39 is 16.0 Å². The molecule has 0 atom stereocenters. The largest absolute Gasteiger partial charge is 0.456 e. The highest BCUT2D eigenvalue weighted by Gasteiger charge is 2.25. The van der Waals surface area contributed by atoms with Crippen LogP contribution in [-0.4, -0.2) is 30.3 Å². The van der Waals surface area contributed by atoms with Crippen LogP contribution in [0.5, 0.6) is 0 Å². The number of halogens is 1. The fourth-order valence-corrected chi connectivity index (χ4v) is 5.21. The van der Waals surface area contributed by atoms with Crippen molar-refractivity contribution in [3.63, 3.8) is 0 Å². The fraction of sp³-hybridized carbons (Fsp3) is 0.0800. The van der Waals surface area contributed by atoms with Gasteiger partial charge in [-0.25, -0.2) is 18.2 Å². The molecule has 35 heavy (non-hydrogen) atoms. The van der Waals surface area contributed by atoms with E-state index in [1.165, 1.54) is 45.1 Å². The Labute approximate surface area is 210 Å². The van der Waals surface area contributed by atoms with E-state index in [4.69, 9.17) is 4.74 Å². The second-order valence-corrected chi connectivity index (χ2v) is 10.2. The number of esters is 1. The first-order valence-electron chi connectivity index (χ1n) is 10.4. The summed E-state index contributed by atoms with van der Waals surface area (Å²) in [6.07, 6.45) is 3.08. The first-order valence-corrected chi connectivity index (χ1v) is 12.7. The van der Waals surface area contributed by atoms with Gasteiger partial charge in [0, 0.05) is 16.7 Å². The maximum atomic E-state index is 13.3. The predicted molar refractivity (Wildman–Crippen MR) is 136 cm³/mol. The Balaban J connectivity index is 1.56. The average Bonchev–Trinajstić information content (AvgIpc) is 2.86. The minimum Gasteiger partial charge on any atom is -0.456 e. The maximum Gasteiger partial charge on any atom is 0.338 e. The summed E-state index contributed by atoms with van der Waals surface area (Å²) in [5.74, 6) is -0.741. The molecule has 0 unspecified atom stereocenters. The van der Waals surface area contributed by atoms with E-state index in [-0.39, 0.29) is 34.9 Å². The Morgan fingerprint density at radius 1 is 1.09 bits per heavy atom. The molecule has 4 rings (SSSR count). The SMILES string of the molecule is C=CCN(c1ccccc1)S(=O)(=O)c1cccc(C(=O)OCc2cc(=O)n3cc(Br)ccc3n2)c1. The number of rotatable bonds is 8. The zero-order valence-electron chi connectivity index (χ0n) is 18.4. The Morgan fingerprint density at radius 2 is 1.86 bits per heavy atom. The summed E-state index contributed by atoms with van der Waals surface area (Å²) in [4.78, 5) is 29.3. The molecule has 0 aliphatic rings. The van der Waals surface area contributed by atoms with Crippen LogP contribution in [0, 0.1) is 0 Å². The normalized spacial score (nSPS) is 11.2. The van der Waals surface area contributed by atoms with Crippen molar-refractivity contribution in [3.8, 4) is 0 Å². The van der Waals surface area contributed by atoms with E-state index in [1.54, 1.807) is 48.7 Å². The van der Waals surface area contributed by atoms with Crippen LogP contribution in [0.15, 0.2) is 106 Å². The number of nitrogens with zero attached hydrogens (tertiary/aromatic N) is 3. The van der Waals surface area contributed by atoms with Gasteiger partial charge in [-0.3, -0.25) is 13.5 Å². The number of benzene rings is 2. The smallest absolute Gasteiger partial charge is 0.338 e. The number of fused-ring (bicyclic) bond motifs is 1. The molecule has 0 bridgehead atoms. The van der Waals surface area contributed by atoms with Crippen molar-refractivity contribution >= 4 is 43.3 Å². The number of pyridine rings is 1. The summed E-state index contributed by atoms with van der Waals surface area (Å²) >= 11 is 3.30. The van der Waals surface area contributed by atoms with E-state index in [2.05, 4.69) is 27.5 Å². The van der Waals surface area contributed by atoms with Gasteiger partial charge in [-0.1, -0.05) is 30.3 Å². The number of ether oxygens (including phenoxy) is 1. The van der Waals surface area contributed by atoms with Gasteiger partial charge in [-0.05, 0) is 58.4 Å². The van der Waals surface area contributed by atoms with Crippen LogP contribution in [0.3, 0.4) is 0 Å². The van der Waals surface area contributed by atoms with Gasteiger partial charge in [0.2, 0.25) is 0 Å². The van der Waals surface area contributed by atoms with Gasteiger partial charge < -0.3 is 4.74 Å². The lowest BCUT2D eigenvalue weighted by molar-refractivity contribution is 0.0467. The molecule has 178 valence electrons. The third-order valence-electron chi connectivity index (χ3n) is 5.02. The molecule has 0 saturated heterocycles. The molecule has 0 N–H and O–H groups in total. The van der Waals surface area contributed by atoms with Gasteiger partial charge in [-0.15, -0.1) is 6.58 Å². The molecule has 0 spiro atoms. The van der Waals surface area contributed by atoms with E-state index in [1.807, 2.05) is 0 Å². The molecule has 2 aromatic heterocycles. The highest BCUT2D eigenvalue weighted by atomic mass is 79.9. The third kappa shape index (κ3) is 5.33. The van der Waals surface area contributed by atoms with Crippen LogP contribution in [0.25, 0.3) is 5.65 Å². The minimum atomic E-state index is -3.98. The van der Waals surface area contributed by atoms with Crippen LogP contribution in [0.1, 0.15) is 16.1 Å². The van der Waals surface area contributed by atoms with E-state index >= 15 is 0 Å². The Bertz CT molecular complexity index is 1570. The topological polar surface area (TPSA) is 98.0 Å². The first-order chi connectivity index (χ1) is 16.8. The molecule has 8 nitrogen and oxygen atoms in total. The molecule has 0 aliphatic carbocycles. The number of sulfonamides is 1. The van der Waals surface area contributed by atoms with Crippen molar-refractivity contribution in [2.45, 2.75) is 11.5 Å². The molecule has 0 amide bonds. The molecule has 0 saturated carbocycles. The van der Waals surface area contributed by atoms with Gasteiger partial charge in [0.15, 0.2) is 0 Å². The number of hydrogen-bond acceptors (Lipinski definition) is 6. The quantitative estimate of drug-likeness (QED) is 0.239. The van der Waals surface area contributed by atoms with Crippen LogP contribution in [0.4, 0.5) is 5.69 Å². The Hall–Kier alpha value is -3.76. The van der Waals surface area contributed by atoms with Crippen molar-refractivity contribution in [2.24, 2.45) is 0 Å². The zero-order chi connectivity index (χ0) is 25.0. The van der Waals surface area contributed by atoms with Gasteiger partial charge in [-0.2, -0.15) is 0 Å². The summed E-state index contributed by atoms with van der Waals surface area (Å²) in [6, 6.07) is 18.9. The molecular weight excluding hydrogens is 534 g/mol. The standard InChI is InChI=1S/C25H20BrN3O5S/c1-2-13-29(21-8-4-3-5-9-21)35(32,33)22-10-6-7-18(14-22)25(31)34-17-20-15-24(30)28-16-19(26)11-12-23(28)27-20/h2-12,14-16H,1,13,17H2. The number of hydrogen-bond donors (Lipinski definition) is 0. The molecule has 0 aliphatic heterocycles. The second-order valence-electron chi connectivity index (χ2n) is 7.43. The summed E-state index contributed by atoms with van der Waals surface area (Å²) in [6.45, 7) is 3.46. The van der Waals surface area contributed by atoms with Gasteiger partial charge in [0.25, 0.3) is 15.6 Å². The van der Waals surface area contributed by atoms with Gasteiger partial charge >= 0.3 is 5.97 Å². The summed E-state index contributed by atoms with van der Waals surface area (Å²) in [7, 11) is -3.98. The van der Waals surface area contributed by atoms with Crippen molar-refractivity contribution in [1.29, 1.82) is 0 Å². The lowest BCUT2D eigenvalue weighted by Gasteiger charge is -2.23. The van der Waals surface area contributed by atoms with Crippen molar-refractivity contribution < 1.29 is 17.9 Å². The monoisotopic (exact) mass is 553 g/mol. The van der Waals surface area contributed by atoms with Crippen LogP contribution in [-0.2, 0) is 21.4 Å². The zero-order valence-corrected chi connectivity index (χ0v) is 20.8. The van der Waals surface area contributed by atoms with Gasteiger partial charge in [0.05, 0.1) is 28.4 Å². The molecule has 2 aromatic carbocycles.